The van der Waals surface area contributed by atoms with Gasteiger partial charge in [0.25, 0.3) is 0 Å². The lowest BCUT2D eigenvalue weighted by molar-refractivity contribution is -0.122. The Kier molecular flexibility index (Phi) is 10.2. The molecule has 172 valence electrons. The average molecular weight is 440 g/mol. The molecular weight excluding hydrogens is 406 g/mol. The molecule has 0 saturated heterocycles. The van der Waals surface area contributed by atoms with E-state index in [4.69, 9.17) is 10.5 Å². The standard InChI is InChI=1S/C24H33N5O3/c1-17(2)23(24(25)31)28-15-18-9-7-8-12-20(18)29-21(26-3)16-27-22(30)13-14-32-19-10-5-4-6-11-19/h4-12,17,23,28H,13-16H2,1-3H3,(H2,25,31)(H,26,29)(H,27,30). The van der Waals surface area contributed by atoms with Crippen LogP contribution < -0.4 is 26.4 Å². The van der Waals surface area contributed by atoms with Crippen LogP contribution in [0.15, 0.2) is 59.6 Å². The van der Waals surface area contributed by atoms with E-state index in [0.717, 1.165) is 17.0 Å². The molecule has 8 nitrogen and oxygen atoms in total. The van der Waals surface area contributed by atoms with Gasteiger partial charge in [-0.1, -0.05) is 50.2 Å². The number of para-hydroxylation sites is 2. The monoisotopic (exact) mass is 439 g/mol. The molecule has 0 radical (unpaired) electrons. The molecule has 5 N–H and O–H groups in total. The van der Waals surface area contributed by atoms with Crippen LogP contribution in [0.3, 0.4) is 0 Å². The molecular formula is C24H33N5O3. The first-order valence-corrected chi connectivity index (χ1v) is 10.7. The summed E-state index contributed by atoms with van der Waals surface area (Å²) in [6.45, 7) is 4.92. The zero-order valence-corrected chi connectivity index (χ0v) is 18.9. The van der Waals surface area contributed by atoms with E-state index < -0.39 is 6.04 Å². The van der Waals surface area contributed by atoms with Crippen LogP contribution in [0, 0.1) is 5.92 Å². The zero-order chi connectivity index (χ0) is 23.3. The molecule has 0 saturated carbocycles. The van der Waals surface area contributed by atoms with Gasteiger partial charge in [-0.25, -0.2) is 0 Å². The Morgan fingerprint density at radius 1 is 1.06 bits per heavy atom. The van der Waals surface area contributed by atoms with Crippen LogP contribution in [-0.2, 0) is 16.1 Å². The van der Waals surface area contributed by atoms with E-state index in [2.05, 4.69) is 20.9 Å². The Hall–Kier alpha value is -3.39. The van der Waals surface area contributed by atoms with E-state index in [1.54, 1.807) is 7.05 Å². The highest BCUT2D eigenvalue weighted by atomic mass is 16.5. The van der Waals surface area contributed by atoms with Crippen molar-refractivity contribution in [2.45, 2.75) is 32.9 Å². The molecule has 1 unspecified atom stereocenters. The Morgan fingerprint density at radius 2 is 1.75 bits per heavy atom. The van der Waals surface area contributed by atoms with Gasteiger partial charge in [-0.3, -0.25) is 14.6 Å². The number of hydrogen-bond donors (Lipinski definition) is 4. The molecule has 0 spiro atoms. The van der Waals surface area contributed by atoms with Gasteiger partial charge in [0.1, 0.15) is 11.6 Å². The summed E-state index contributed by atoms with van der Waals surface area (Å²) in [5.74, 6) is 0.936. The van der Waals surface area contributed by atoms with E-state index in [1.807, 2.05) is 68.4 Å². The lowest BCUT2D eigenvalue weighted by atomic mass is 10.0. The maximum atomic E-state index is 12.2. The molecule has 2 amide bonds. The maximum Gasteiger partial charge on any atom is 0.234 e. The van der Waals surface area contributed by atoms with Gasteiger partial charge < -0.3 is 26.4 Å². The highest BCUT2D eigenvalue weighted by Gasteiger charge is 2.19. The number of nitrogens with zero attached hydrogens (tertiary/aromatic N) is 1. The van der Waals surface area contributed by atoms with Crippen LogP contribution in [0.4, 0.5) is 5.69 Å². The second kappa shape index (κ2) is 13.1. The zero-order valence-electron chi connectivity index (χ0n) is 18.9. The van der Waals surface area contributed by atoms with Gasteiger partial charge in [0.05, 0.1) is 25.6 Å². The molecule has 0 fully saturated rings. The van der Waals surface area contributed by atoms with Crippen molar-refractivity contribution in [2.75, 3.05) is 25.5 Å². The highest BCUT2D eigenvalue weighted by molar-refractivity contribution is 5.99. The second-order valence-corrected chi connectivity index (χ2v) is 7.65. The van der Waals surface area contributed by atoms with Crippen LogP contribution in [0.2, 0.25) is 0 Å². The predicted octanol–water partition coefficient (Wildman–Crippen LogP) is 2.31. The number of carbonyl (C=O) groups excluding carboxylic acids is 2. The Balaban J connectivity index is 1.85. The fourth-order valence-corrected chi connectivity index (χ4v) is 3.06. The third kappa shape index (κ3) is 8.39. The number of ether oxygens (including phenoxy) is 1. The summed E-state index contributed by atoms with van der Waals surface area (Å²) in [5, 5.41) is 9.33. The van der Waals surface area contributed by atoms with Crippen LogP contribution in [0.25, 0.3) is 0 Å². The van der Waals surface area contributed by atoms with Crippen molar-refractivity contribution in [3.63, 3.8) is 0 Å². The average Bonchev–Trinajstić information content (AvgIpc) is 2.78. The normalized spacial score (nSPS) is 12.3. The van der Waals surface area contributed by atoms with Gasteiger partial charge in [-0.05, 0) is 29.7 Å². The molecule has 8 heteroatoms. The fraction of sp³-hybridized carbons (Fsp3) is 0.375. The SMILES string of the molecule is CN=C(CNC(=O)CCOc1ccccc1)Nc1ccccc1CNC(C(N)=O)C(C)C. The Morgan fingerprint density at radius 3 is 2.41 bits per heavy atom. The van der Waals surface area contributed by atoms with Crippen molar-refractivity contribution in [2.24, 2.45) is 16.6 Å². The van der Waals surface area contributed by atoms with Gasteiger partial charge in [0.2, 0.25) is 11.8 Å². The summed E-state index contributed by atoms with van der Waals surface area (Å²) in [4.78, 5) is 28.0. The lowest BCUT2D eigenvalue weighted by Crippen LogP contribution is -2.44. The number of hydrogen-bond acceptors (Lipinski definition) is 5. The number of carbonyl (C=O) groups is 2. The van der Waals surface area contributed by atoms with Crippen molar-refractivity contribution >= 4 is 23.3 Å². The van der Waals surface area contributed by atoms with Crippen molar-refractivity contribution in [1.29, 1.82) is 0 Å². The van der Waals surface area contributed by atoms with Crippen molar-refractivity contribution in [1.82, 2.24) is 10.6 Å². The number of amidine groups is 1. The van der Waals surface area contributed by atoms with E-state index >= 15 is 0 Å². The van der Waals surface area contributed by atoms with Crippen LogP contribution in [-0.4, -0.2) is 43.9 Å². The summed E-state index contributed by atoms with van der Waals surface area (Å²) >= 11 is 0. The first-order chi connectivity index (χ1) is 15.4. The molecule has 2 rings (SSSR count). The van der Waals surface area contributed by atoms with E-state index in [-0.39, 0.29) is 30.7 Å². The van der Waals surface area contributed by atoms with Crippen molar-refractivity contribution in [3.8, 4) is 5.75 Å². The summed E-state index contributed by atoms with van der Waals surface area (Å²) in [5.41, 5.74) is 7.30. The number of primary amides is 1. The molecule has 0 heterocycles. The summed E-state index contributed by atoms with van der Waals surface area (Å²) < 4.78 is 5.55. The topological polar surface area (TPSA) is 118 Å². The highest BCUT2D eigenvalue weighted by Crippen LogP contribution is 2.16. The van der Waals surface area contributed by atoms with Crippen molar-refractivity contribution < 1.29 is 14.3 Å². The van der Waals surface area contributed by atoms with Gasteiger partial charge in [0, 0.05) is 19.3 Å². The largest absolute Gasteiger partial charge is 0.493 e. The van der Waals surface area contributed by atoms with Gasteiger partial charge in [0.15, 0.2) is 0 Å². The first-order valence-electron chi connectivity index (χ1n) is 10.7. The number of nitrogens with two attached hydrogens (primary N) is 1. The molecule has 0 aliphatic heterocycles. The fourth-order valence-electron chi connectivity index (χ4n) is 3.06. The molecule has 32 heavy (non-hydrogen) atoms. The molecule has 0 aliphatic rings. The summed E-state index contributed by atoms with van der Waals surface area (Å²) in [7, 11) is 1.66. The number of benzene rings is 2. The Bertz CT molecular complexity index is 900. The number of amides is 2. The number of anilines is 1. The van der Waals surface area contributed by atoms with E-state index in [0.29, 0.717) is 19.0 Å². The minimum Gasteiger partial charge on any atom is -0.493 e. The smallest absolute Gasteiger partial charge is 0.234 e. The maximum absolute atomic E-state index is 12.2. The molecule has 0 aromatic heterocycles. The van der Waals surface area contributed by atoms with Crippen molar-refractivity contribution in [3.05, 3.63) is 60.2 Å². The quantitative estimate of drug-likeness (QED) is 0.299. The molecule has 1 atom stereocenters. The predicted molar refractivity (Wildman–Crippen MR) is 128 cm³/mol. The van der Waals surface area contributed by atoms with Gasteiger partial charge in [-0.2, -0.15) is 0 Å². The van der Waals surface area contributed by atoms with Crippen LogP contribution in [0.5, 0.6) is 5.75 Å². The van der Waals surface area contributed by atoms with Gasteiger partial charge in [-0.15, -0.1) is 0 Å². The molecule has 2 aromatic rings. The molecule has 0 bridgehead atoms. The van der Waals surface area contributed by atoms with E-state index in [9.17, 15) is 9.59 Å². The number of rotatable bonds is 12. The van der Waals surface area contributed by atoms with Crippen LogP contribution in [0.1, 0.15) is 25.8 Å². The molecule has 2 aromatic carbocycles. The minimum absolute atomic E-state index is 0.0847. The third-order valence-electron chi connectivity index (χ3n) is 4.85. The minimum atomic E-state index is -0.417. The third-order valence-corrected chi connectivity index (χ3v) is 4.85. The first kappa shape index (κ1) is 24.9. The second-order valence-electron chi connectivity index (χ2n) is 7.65. The molecule has 0 aliphatic carbocycles. The Labute approximate surface area is 189 Å². The van der Waals surface area contributed by atoms with Gasteiger partial charge >= 0.3 is 0 Å². The summed E-state index contributed by atoms with van der Waals surface area (Å²) in [6, 6.07) is 16.7. The lowest BCUT2D eigenvalue weighted by Gasteiger charge is -2.20. The summed E-state index contributed by atoms with van der Waals surface area (Å²) in [6.07, 6.45) is 0.246. The van der Waals surface area contributed by atoms with Crippen LogP contribution >= 0.6 is 0 Å². The number of aliphatic imine (C=N–C) groups is 1. The number of nitrogens with one attached hydrogen (secondary N) is 3. The van der Waals surface area contributed by atoms with E-state index in [1.165, 1.54) is 0 Å².